The highest BCUT2D eigenvalue weighted by Gasteiger charge is 2.36. The third-order valence-electron chi connectivity index (χ3n) is 5.92. The highest BCUT2D eigenvalue weighted by molar-refractivity contribution is 7.89. The van der Waals surface area contributed by atoms with Gasteiger partial charge in [0.25, 0.3) is 0 Å². The fourth-order valence-corrected chi connectivity index (χ4v) is 6.73. The number of sulfonamides is 1. The molecule has 0 aliphatic carbocycles. The van der Waals surface area contributed by atoms with Crippen molar-refractivity contribution in [3.05, 3.63) is 81.3 Å². The van der Waals surface area contributed by atoms with Crippen LogP contribution in [0.3, 0.4) is 0 Å². The van der Waals surface area contributed by atoms with Crippen LogP contribution in [-0.2, 0) is 21.2 Å². The molecule has 0 spiro atoms. The Morgan fingerprint density at radius 1 is 1.17 bits per heavy atom. The summed E-state index contributed by atoms with van der Waals surface area (Å²) >= 11 is 7.55. The molecule has 0 fully saturated rings. The number of nitrogens with zero attached hydrogens (tertiary/aromatic N) is 2. The van der Waals surface area contributed by atoms with Crippen molar-refractivity contribution in [2.45, 2.75) is 37.2 Å². The molecule has 186 valence electrons. The van der Waals surface area contributed by atoms with Crippen molar-refractivity contribution >= 4 is 38.9 Å². The number of hydrogen-bond acceptors (Lipinski definition) is 5. The van der Waals surface area contributed by atoms with Gasteiger partial charge in [-0.3, -0.25) is 4.79 Å². The van der Waals surface area contributed by atoms with E-state index in [1.807, 2.05) is 11.4 Å². The number of benzene rings is 2. The molecule has 0 radical (unpaired) electrons. The molecule has 1 atom stereocenters. The van der Waals surface area contributed by atoms with Gasteiger partial charge >= 0.3 is 0 Å². The third-order valence-corrected chi connectivity index (χ3v) is 9.21. The van der Waals surface area contributed by atoms with E-state index >= 15 is 0 Å². The van der Waals surface area contributed by atoms with E-state index in [1.165, 1.54) is 57.7 Å². The number of ether oxygens (including phenoxy) is 1. The highest BCUT2D eigenvalue weighted by atomic mass is 35.5. The third kappa shape index (κ3) is 5.69. The van der Waals surface area contributed by atoms with Crippen LogP contribution in [0.2, 0.25) is 5.02 Å². The maximum atomic E-state index is 13.5. The zero-order valence-corrected chi connectivity index (χ0v) is 21.7. The van der Waals surface area contributed by atoms with Gasteiger partial charge in [0.1, 0.15) is 18.2 Å². The second kappa shape index (κ2) is 10.7. The molecule has 0 bridgehead atoms. The highest BCUT2D eigenvalue weighted by Crippen LogP contribution is 2.34. The van der Waals surface area contributed by atoms with E-state index in [0.717, 1.165) is 5.56 Å². The molecule has 0 saturated carbocycles. The molecule has 0 unspecified atom stereocenters. The Kier molecular flexibility index (Phi) is 7.80. The Bertz CT molecular complexity index is 1280. The van der Waals surface area contributed by atoms with Gasteiger partial charge in [-0.15, -0.1) is 11.3 Å². The van der Waals surface area contributed by atoms with Crippen LogP contribution < -0.4 is 4.74 Å². The summed E-state index contributed by atoms with van der Waals surface area (Å²) in [5.41, 5.74) is 0.994. The summed E-state index contributed by atoms with van der Waals surface area (Å²) in [6.45, 7) is 3.81. The van der Waals surface area contributed by atoms with Gasteiger partial charge in [-0.05, 0) is 85.8 Å². The van der Waals surface area contributed by atoms with Crippen LogP contribution in [0.5, 0.6) is 5.75 Å². The molecule has 1 aliphatic rings. The topological polar surface area (TPSA) is 66.9 Å². The van der Waals surface area contributed by atoms with Crippen LogP contribution in [0.1, 0.15) is 30.3 Å². The lowest BCUT2D eigenvalue weighted by atomic mass is 10.0. The summed E-state index contributed by atoms with van der Waals surface area (Å²) in [6.07, 6.45) is 0.692. The first-order valence-corrected chi connectivity index (χ1v) is 13.9. The molecule has 2 aromatic carbocycles. The standard InChI is InChI=1S/C25H26ClFN2O4S2/c1-17(2)29(35(31,32)21-9-3-18(26)4-10-21)15-25(30)28-13-11-24-22(12-14-34-24)23(28)16-33-20-7-5-19(27)6-8-20/h3-10,12,14,17,23H,11,13,15-16H2,1-2H3/t23-/m0/s1. The molecular formula is C25H26ClFN2O4S2. The number of halogens is 2. The Morgan fingerprint density at radius 2 is 1.86 bits per heavy atom. The van der Waals surface area contributed by atoms with E-state index < -0.39 is 16.1 Å². The van der Waals surface area contributed by atoms with E-state index in [4.69, 9.17) is 16.3 Å². The smallest absolute Gasteiger partial charge is 0.243 e. The minimum absolute atomic E-state index is 0.0818. The molecule has 10 heteroatoms. The first kappa shape index (κ1) is 25.6. The second-order valence-electron chi connectivity index (χ2n) is 8.51. The SMILES string of the molecule is CC(C)N(CC(=O)N1CCc2sccc2[C@@H]1COc1ccc(F)cc1)S(=O)(=O)c1ccc(Cl)cc1. The molecule has 1 aromatic heterocycles. The Balaban J connectivity index is 1.56. The molecule has 35 heavy (non-hydrogen) atoms. The number of hydrogen-bond donors (Lipinski definition) is 0. The molecule has 2 heterocycles. The molecule has 3 aromatic rings. The van der Waals surface area contributed by atoms with Gasteiger partial charge in [-0.25, -0.2) is 12.8 Å². The van der Waals surface area contributed by atoms with Crippen LogP contribution in [0.25, 0.3) is 0 Å². The first-order chi connectivity index (χ1) is 16.7. The second-order valence-corrected chi connectivity index (χ2v) is 11.8. The van der Waals surface area contributed by atoms with Crippen LogP contribution in [0.4, 0.5) is 4.39 Å². The van der Waals surface area contributed by atoms with Crippen LogP contribution >= 0.6 is 22.9 Å². The molecule has 1 amide bonds. The average Bonchev–Trinajstić information content (AvgIpc) is 3.31. The van der Waals surface area contributed by atoms with E-state index in [-0.39, 0.29) is 35.8 Å². The lowest BCUT2D eigenvalue weighted by molar-refractivity contribution is -0.135. The monoisotopic (exact) mass is 536 g/mol. The van der Waals surface area contributed by atoms with Gasteiger partial charge in [0.2, 0.25) is 15.9 Å². The van der Waals surface area contributed by atoms with Crippen molar-refractivity contribution in [3.63, 3.8) is 0 Å². The van der Waals surface area contributed by atoms with Crippen molar-refractivity contribution in [2.24, 2.45) is 0 Å². The number of carbonyl (C=O) groups excluding carboxylic acids is 1. The van der Waals surface area contributed by atoms with Crippen LogP contribution in [0.15, 0.2) is 64.9 Å². The van der Waals surface area contributed by atoms with Crippen molar-refractivity contribution < 1.29 is 22.3 Å². The number of carbonyl (C=O) groups is 1. The van der Waals surface area contributed by atoms with Gasteiger partial charge in [-0.1, -0.05) is 11.6 Å². The summed E-state index contributed by atoms with van der Waals surface area (Å²) in [4.78, 5) is 16.5. The first-order valence-electron chi connectivity index (χ1n) is 11.2. The lowest BCUT2D eigenvalue weighted by Crippen LogP contribution is -2.49. The van der Waals surface area contributed by atoms with Crippen molar-refractivity contribution in [1.82, 2.24) is 9.21 Å². The van der Waals surface area contributed by atoms with Crippen LogP contribution in [0, 0.1) is 5.82 Å². The van der Waals surface area contributed by atoms with Gasteiger partial charge in [-0.2, -0.15) is 4.31 Å². The molecule has 0 saturated heterocycles. The quantitative estimate of drug-likeness (QED) is 0.399. The largest absolute Gasteiger partial charge is 0.491 e. The summed E-state index contributed by atoms with van der Waals surface area (Å²) in [5, 5.41) is 2.41. The van der Waals surface area contributed by atoms with E-state index in [2.05, 4.69) is 0 Å². The van der Waals surface area contributed by atoms with Crippen LogP contribution in [-0.4, -0.2) is 49.3 Å². The van der Waals surface area contributed by atoms with E-state index in [0.29, 0.717) is 23.7 Å². The maximum Gasteiger partial charge on any atom is 0.243 e. The zero-order valence-electron chi connectivity index (χ0n) is 19.4. The van der Waals surface area contributed by atoms with Gasteiger partial charge < -0.3 is 9.64 Å². The molecule has 6 nitrogen and oxygen atoms in total. The number of thiophene rings is 1. The summed E-state index contributed by atoms with van der Waals surface area (Å²) in [6, 6.07) is 12.8. The van der Waals surface area contributed by atoms with E-state index in [1.54, 1.807) is 30.1 Å². The predicted molar refractivity (Wildman–Crippen MR) is 135 cm³/mol. The average molecular weight is 537 g/mol. The van der Waals surface area contributed by atoms with Gasteiger partial charge in [0, 0.05) is 22.5 Å². The fraction of sp³-hybridized carbons (Fsp3) is 0.320. The summed E-state index contributed by atoms with van der Waals surface area (Å²) in [7, 11) is -3.91. The normalized spacial score (nSPS) is 15.9. The van der Waals surface area contributed by atoms with Crippen molar-refractivity contribution in [2.75, 3.05) is 19.7 Å². The number of fused-ring (bicyclic) bond motifs is 1. The maximum absolute atomic E-state index is 13.5. The minimum atomic E-state index is -3.91. The van der Waals surface area contributed by atoms with Crippen molar-refractivity contribution in [3.8, 4) is 5.75 Å². The number of amides is 1. The van der Waals surface area contributed by atoms with E-state index in [9.17, 15) is 17.6 Å². The molecule has 4 rings (SSSR count). The fourth-order valence-electron chi connectivity index (χ4n) is 4.09. The van der Waals surface area contributed by atoms with Crippen molar-refractivity contribution in [1.29, 1.82) is 0 Å². The lowest BCUT2D eigenvalue weighted by Gasteiger charge is -2.37. The Morgan fingerprint density at radius 3 is 2.51 bits per heavy atom. The Hall–Kier alpha value is -2.46. The minimum Gasteiger partial charge on any atom is -0.491 e. The molecular weight excluding hydrogens is 511 g/mol. The van der Waals surface area contributed by atoms with Gasteiger partial charge in [0.15, 0.2) is 0 Å². The van der Waals surface area contributed by atoms with Gasteiger partial charge in [0.05, 0.1) is 17.5 Å². The number of rotatable bonds is 8. The molecule has 1 aliphatic heterocycles. The predicted octanol–water partition coefficient (Wildman–Crippen LogP) is 5.14. The Labute approximate surface area is 213 Å². The zero-order chi connectivity index (χ0) is 25.2. The molecule has 0 N–H and O–H groups in total. The summed E-state index contributed by atoms with van der Waals surface area (Å²) in [5.74, 6) is -0.168. The summed E-state index contributed by atoms with van der Waals surface area (Å²) < 4.78 is 47.1.